The van der Waals surface area contributed by atoms with Gasteiger partial charge in [-0.15, -0.1) is 0 Å². The predicted molar refractivity (Wildman–Crippen MR) is 82.7 cm³/mol. The number of rotatable bonds is 3. The maximum Gasteiger partial charge on any atom is 0.224 e. The Morgan fingerprint density at radius 2 is 2.30 bits per heavy atom. The molecule has 0 radical (unpaired) electrons. The van der Waals surface area contributed by atoms with E-state index in [9.17, 15) is 5.11 Å². The lowest BCUT2D eigenvalue weighted by atomic mass is 10.0. The van der Waals surface area contributed by atoms with Crippen LogP contribution in [-0.2, 0) is 6.42 Å². The van der Waals surface area contributed by atoms with Gasteiger partial charge in [-0.05, 0) is 6.92 Å². The van der Waals surface area contributed by atoms with Crippen molar-refractivity contribution in [1.29, 1.82) is 0 Å². The number of nitrogens with zero attached hydrogens (tertiary/aromatic N) is 5. The molecule has 9 heteroatoms. The molecule has 0 unspecified atom stereocenters. The summed E-state index contributed by atoms with van der Waals surface area (Å²) >= 11 is 0. The van der Waals surface area contributed by atoms with Crippen molar-refractivity contribution < 1.29 is 9.63 Å². The Hall–Kier alpha value is -2.68. The zero-order chi connectivity index (χ0) is 16.0. The molecule has 1 aliphatic rings. The average molecular weight is 315 g/mol. The Kier molecular flexibility index (Phi) is 3.15. The maximum absolute atomic E-state index is 10.4. The molecule has 0 aromatic carbocycles. The highest BCUT2D eigenvalue weighted by Crippen LogP contribution is 2.30. The van der Waals surface area contributed by atoms with Crippen molar-refractivity contribution in [3.8, 4) is 0 Å². The van der Waals surface area contributed by atoms with Gasteiger partial charge in [0.05, 0.1) is 23.4 Å². The fourth-order valence-corrected chi connectivity index (χ4v) is 3.08. The second-order valence-electron chi connectivity index (χ2n) is 5.91. The zero-order valence-electron chi connectivity index (χ0n) is 12.6. The predicted octanol–water partition coefficient (Wildman–Crippen LogP) is 0.271. The van der Waals surface area contributed by atoms with E-state index in [1.807, 2.05) is 17.9 Å². The van der Waals surface area contributed by atoms with Crippen molar-refractivity contribution >= 4 is 22.8 Å². The SMILES string of the molecule is Cc1cc(C[C@@H]2CN(c3nc(N)nc4[nH]ncc34)C[C@H]2O)on1. The van der Waals surface area contributed by atoms with Gasteiger partial charge in [-0.3, -0.25) is 5.10 Å². The third kappa shape index (κ3) is 2.48. The molecule has 1 aliphatic heterocycles. The van der Waals surface area contributed by atoms with Gasteiger partial charge in [-0.25, -0.2) is 0 Å². The quantitative estimate of drug-likeness (QED) is 0.628. The molecular weight excluding hydrogens is 298 g/mol. The van der Waals surface area contributed by atoms with E-state index >= 15 is 0 Å². The lowest BCUT2D eigenvalue weighted by Gasteiger charge is -2.17. The number of aromatic nitrogens is 5. The number of hydrogen-bond donors (Lipinski definition) is 3. The number of anilines is 2. The molecule has 0 amide bonds. The van der Waals surface area contributed by atoms with E-state index in [4.69, 9.17) is 10.3 Å². The van der Waals surface area contributed by atoms with Crippen LogP contribution >= 0.6 is 0 Å². The minimum Gasteiger partial charge on any atom is -0.391 e. The number of hydrogen-bond acceptors (Lipinski definition) is 8. The minimum atomic E-state index is -0.474. The van der Waals surface area contributed by atoms with E-state index < -0.39 is 6.10 Å². The first-order valence-electron chi connectivity index (χ1n) is 7.42. The van der Waals surface area contributed by atoms with Gasteiger partial charge in [0.25, 0.3) is 0 Å². The van der Waals surface area contributed by atoms with Crippen LogP contribution in [0.3, 0.4) is 0 Å². The van der Waals surface area contributed by atoms with Crippen LogP contribution < -0.4 is 10.6 Å². The van der Waals surface area contributed by atoms with Gasteiger partial charge in [-0.1, -0.05) is 5.16 Å². The molecule has 4 rings (SSSR count). The molecule has 4 heterocycles. The number of fused-ring (bicyclic) bond motifs is 1. The number of aliphatic hydroxyl groups excluding tert-OH is 1. The molecule has 0 aliphatic carbocycles. The smallest absolute Gasteiger partial charge is 0.224 e. The molecule has 2 atom stereocenters. The van der Waals surface area contributed by atoms with Gasteiger partial charge in [0, 0.05) is 31.5 Å². The van der Waals surface area contributed by atoms with E-state index in [2.05, 4.69) is 25.3 Å². The largest absolute Gasteiger partial charge is 0.391 e. The minimum absolute atomic E-state index is 0.0421. The second-order valence-corrected chi connectivity index (χ2v) is 5.91. The van der Waals surface area contributed by atoms with Crippen molar-refractivity contribution in [2.45, 2.75) is 19.4 Å². The fourth-order valence-electron chi connectivity index (χ4n) is 3.08. The van der Waals surface area contributed by atoms with Gasteiger partial charge >= 0.3 is 0 Å². The first-order valence-corrected chi connectivity index (χ1v) is 7.42. The Labute approximate surface area is 131 Å². The summed E-state index contributed by atoms with van der Waals surface area (Å²) in [5, 5.41) is 21.8. The summed E-state index contributed by atoms with van der Waals surface area (Å²) in [7, 11) is 0. The van der Waals surface area contributed by atoms with Crippen molar-refractivity contribution in [3.63, 3.8) is 0 Å². The van der Waals surface area contributed by atoms with Crippen LogP contribution in [0.5, 0.6) is 0 Å². The van der Waals surface area contributed by atoms with E-state index in [0.29, 0.717) is 31.0 Å². The molecule has 4 N–H and O–H groups in total. The van der Waals surface area contributed by atoms with Crippen LogP contribution in [0.15, 0.2) is 16.8 Å². The third-order valence-corrected chi connectivity index (χ3v) is 4.15. The summed E-state index contributed by atoms with van der Waals surface area (Å²) in [5.74, 6) is 1.70. The van der Waals surface area contributed by atoms with Crippen LogP contribution in [0.1, 0.15) is 11.5 Å². The van der Waals surface area contributed by atoms with Crippen LogP contribution in [0.25, 0.3) is 11.0 Å². The van der Waals surface area contributed by atoms with Crippen molar-refractivity contribution in [1.82, 2.24) is 25.3 Å². The Balaban J connectivity index is 1.59. The first kappa shape index (κ1) is 13.9. The highest BCUT2D eigenvalue weighted by Gasteiger charge is 2.34. The lowest BCUT2D eigenvalue weighted by Crippen LogP contribution is -2.23. The van der Waals surface area contributed by atoms with Crippen molar-refractivity contribution in [3.05, 3.63) is 23.7 Å². The Morgan fingerprint density at radius 1 is 1.43 bits per heavy atom. The standard InChI is InChI=1S/C14H17N7O2/c1-7-2-9(23-20-7)3-8-5-21(6-11(8)22)13-10-4-16-19-12(10)17-14(15)18-13/h2,4,8,11,22H,3,5-6H2,1H3,(H3,15,16,17,18,19)/t8-,11-/m1/s1. The number of aromatic amines is 1. The van der Waals surface area contributed by atoms with E-state index in [1.54, 1.807) is 6.20 Å². The molecule has 3 aromatic heterocycles. The first-order chi connectivity index (χ1) is 11.1. The summed E-state index contributed by atoms with van der Waals surface area (Å²) in [6.07, 6.45) is 1.83. The number of nitrogens with one attached hydrogen (secondary N) is 1. The molecule has 0 spiro atoms. The molecule has 0 bridgehead atoms. The lowest BCUT2D eigenvalue weighted by molar-refractivity contribution is 0.143. The van der Waals surface area contributed by atoms with Crippen LogP contribution in [0.4, 0.5) is 11.8 Å². The molecule has 1 fully saturated rings. The molecule has 1 saturated heterocycles. The van der Waals surface area contributed by atoms with Gasteiger partial charge in [-0.2, -0.15) is 15.1 Å². The van der Waals surface area contributed by atoms with Crippen molar-refractivity contribution in [2.75, 3.05) is 23.7 Å². The summed E-state index contributed by atoms with van der Waals surface area (Å²) < 4.78 is 5.25. The fraction of sp³-hybridized carbons (Fsp3) is 0.429. The number of nitrogens with two attached hydrogens (primary N) is 1. The van der Waals surface area contributed by atoms with Gasteiger partial charge in [0.15, 0.2) is 5.65 Å². The number of aryl methyl sites for hydroxylation is 1. The highest BCUT2D eigenvalue weighted by atomic mass is 16.5. The Bertz CT molecular complexity index is 843. The molecule has 9 nitrogen and oxygen atoms in total. The highest BCUT2D eigenvalue weighted by molar-refractivity contribution is 5.87. The molecular formula is C14H17N7O2. The van der Waals surface area contributed by atoms with Crippen LogP contribution in [-0.4, -0.2) is 49.6 Å². The summed E-state index contributed by atoms with van der Waals surface area (Å²) in [5.41, 5.74) is 7.20. The van der Waals surface area contributed by atoms with E-state index in [1.165, 1.54) is 0 Å². The van der Waals surface area contributed by atoms with Crippen molar-refractivity contribution in [2.24, 2.45) is 5.92 Å². The third-order valence-electron chi connectivity index (χ3n) is 4.15. The van der Waals surface area contributed by atoms with Crippen LogP contribution in [0.2, 0.25) is 0 Å². The van der Waals surface area contributed by atoms with Crippen LogP contribution in [0, 0.1) is 12.8 Å². The maximum atomic E-state index is 10.4. The number of H-pyrrole nitrogens is 1. The van der Waals surface area contributed by atoms with Gasteiger partial charge in [0.1, 0.15) is 11.6 Å². The van der Waals surface area contributed by atoms with Gasteiger partial charge < -0.3 is 20.3 Å². The molecule has 3 aromatic rings. The average Bonchev–Trinajstić information content (AvgIpc) is 3.20. The topological polar surface area (TPSA) is 130 Å². The summed E-state index contributed by atoms with van der Waals surface area (Å²) in [4.78, 5) is 10.4. The number of nitrogen functional groups attached to an aromatic ring is 1. The van der Waals surface area contributed by atoms with E-state index in [0.717, 1.165) is 16.8 Å². The van der Waals surface area contributed by atoms with E-state index in [-0.39, 0.29) is 11.9 Å². The number of aliphatic hydroxyl groups is 1. The Morgan fingerprint density at radius 3 is 3.09 bits per heavy atom. The second kappa shape index (κ2) is 5.20. The normalized spacial score (nSPS) is 21.4. The molecule has 120 valence electrons. The number of β-amino-alcohol motifs (C(OH)–C–C–N with tert-alkyl or cyclic N) is 1. The molecule has 0 saturated carbocycles. The van der Waals surface area contributed by atoms with Gasteiger partial charge in [0.2, 0.25) is 5.95 Å². The summed E-state index contributed by atoms with van der Waals surface area (Å²) in [6.45, 7) is 3.01. The monoisotopic (exact) mass is 315 g/mol. The summed E-state index contributed by atoms with van der Waals surface area (Å²) in [6, 6.07) is 1.90. The zero-order valence-corrected chi connectivity index (χ0v) is 12.6. The molecule has 23 heavy (non-hydrogen) atoms.